The second-order valence-corrected chi connectivity index (χ2v) is 9.69. The molecule has 0 saturated carbocycles. The predicted molar refractivity (Wildman–Crippen MR) is 116 cm³/mol. The highest BCUT2D eigenvalue weighted by atomic mass is 79.9. The van der Waals surface area contributed by atoms with Gasteiger partial charge in [-0.3, -0.25) is 4.90 Å². The highest BCUT2D eigenvalue weighted by Gasteiger charge is 2.49. The summed E-state index contributed by atoms with van der Waals surface area (Å²) in [5.41, 5.74) is -1.10. The monoisotopic (exact) mass is 533 g/mol. The number of hydrogen-bond acceptors (Lipinski definition) is 7. The number of fused-ring (bicyclic) bond motifs is 2. The van der Waals surface area contributed by atoms with Gasteiger partial charge in [0.15, 0.2) is 11.5 Å². The van der Waals surface area contributed by atoms with Crippen LogP contribution in [0.2, 0.25) is 0 Å². The first kappa shape index (κ1) is 23.0. The van der Waals surface area contributed by atoms with E-state index in [1.165, 1.54) is 6.07 Å². The summed E-state index contributed by atoms with van der Waals surface area (Å²) in [7, 11) is 0. The van der Waals surface area contributed by atoms with E-state index in [1.54, 1.807) is 0 Å². The Morgan fingerprint density at radius 3 is 2.82 bits per heavy atom. The van der Waals surface area contributed by atoms with Crippen molar-refractivity contribution < 1.29 is 27.0 Å². The van der Waals surface area contributed by atoms with Crippen LogP contribution < -0.4 is 9.64 Å². The molecule has 0 aliphatic carbocycles. The van der Waals surface area contributed by atoms with E-state index < -0.39 is 18.0 Å². The van der Waals surface area contributed by atoms with Crippen LogP contribution in [0.15, 0.2) is 10.5 Å². The van der Waals surface area contributed by atoms with Crippen molar-refractivity contribution in [2.45, 2.75) is 43.6 Å². The zero-order valence-electron chi connectivity index (χ0n) is 17.9. The standard InChI is InChI=1S/C21H24BrF4N5O2/c22-14-9-15-16(28-17(14)21(24,25)26)18(30-4-2-7-32-8-6-30)29-19(27-15)33-12-20-3-1-5-31(20)11-13(23)10-20/h9,13H,1-8,10-12H2/t13-,20+/m1/s1. The maximum atomic E-state index is 14.1. The molecule has 0 radical (unpaired) electrons. The fourth-order valence-corrected chi connectivity index (χ4v) is 5.62. The molecular weight excluding hydrogens is 510 g/mol. The van der Waals surface area contributed by atoms with E-state index in [4.69, 9.17) is 9.47 Å². The molecule has 2 aromatic rings. The van der Waals surface area contributed by atoms with E-state index in [0.29, 0.717) is 45.7 Å². The number of nitrogens with zero attached hydrogens (tertiary/aromatic N) is 5. The van der Waals surface area contributed by atoms with Crippen LogP contribution in [-0.2, 0) is 10.9 Å². The maximum Gasteiger partial charge on any atom is 0.434 e. The molecule has 0 bridgehead atoms. The number of rotatable bonds is 4. The molecule has 2 atom stereocenters. The second-order valence-electron chi connectivity index (χ2n) is 8.83. The predicted octanol–water partition coefficient (Wildman–Crippen LogP) is 3.99. The number of anilines is 1. The second kappa shape index (κ2) is 8.77. The normalized spacial score (nSPS) is 26.6. The zero-order valence-corrected chi connectivity index (χ0v) is 19.5. The Morgan fingerprint density at radius 1 is 1.15 bits per heavy atom. The fourth-order valence-electron chi connectivity index (χ4n) is 5.09. The third-order valence-electron chi connectivity index (χ3n) is 6.61. The number of ether oxygens (including phenoxy) is 2. The Morgan fingerprint density at radius 2 is 2.00 bits per heavy atom. The van der Waals surface area contributed by atoms with Gasteiger partial charge in [0.25, 0.3) is 0 Å². The molecule has 2 aromatic heterocycles. The van der Waals surface area contributed by atoms with E-state index in [-0.39, 0.29) is 39.5 Å². The van der Waals surface area contributed by atoms with Crippen molar-refractivity contribution in [3.63, 3.8) is 0 Å². The molecular formula is C21H24BrF4N5O2. The molecule has 3 aliphatic heterocycles. The van der Waals surface area contributed by atoms with Gasteiger partial charge in [0, 0.05) is 32.7 Å². The van der Waals surface area contributed by atoms with Crippen LogP contribution in [0.1, 0.15) is 31.4 Å². The van der Waals surface area contributed by atoms with Crippen molar-refractivity contribution in [2.24, 2.45) is 0 Å². The molecule has 0 aromatic carbocycles. The Labute approximate surface area is 196 Å². The number of pyridine rings is 1. The van der Waals surface area contributed by atoms with Gasteiger partial charge in [-0.05, 0) is 47.8 Å². The Hall–Kier alpha value is -1.79. The Bertz CT molecular complexity index is 1030. The molecule has 3 saturated heterocycles. The highest BCUT2D eigenvalue weighted by molar-refractivity contribution is 9.10. The minimum absolute atomic E-state index is 0.0552. The summed E-state index contributed by atoms with van der Waals surface area (Å²) in [6.07, 6.45) is -2.60. The Kier molecular flexibility index (Phi) is 6.11. The van der Waals surface area contributed by atoms with Gasteiger partial charge in [-0.25, -0.2) is 9.37 Å². The minimum atomic E-state index is -4.63. The summed E-state index contributed by atoms with van der Waals surface area (Å²) in [6, 6.07) is 1.35. The van der Waals surface area contributed by atoms with Crippen molar-refractivity contribution in [1.29, 1.82) is 0 Å². The van der Waals surface area contributed by atoms with Crippen molar-refractivity contribution in [2.75, 3.05) is 50.9 Å². The first-order valence-corrected chi connectivity index (χ1v) is 11.8. The van der Waals surface area contributed by atoms with E-state index in [0.717, 1.165) is 19.4 Å². The summed E-state index contributed by atoms with van der Waals surface area (Å²) < 4.78 is 65.9. The van der Waals surface area contributed by atoms with Crippen molar-refractivity contribution >= 4 is 32.8 Å². The summed E-state index contributed by atoms with van der Waals surface area (Å²) in [5.74, 6) is 0.286. The van der Waals surface area contributed by atoms with Crippen LogP contribution >= 0.6 is 15.9 Å². The quantitative estimate of drug-likeness (QED) is 0.550. The van der Waals surface area contributed by atoms with Crippen LogP contribution in [0.5, 0.6) is 6.01 Å². The van der Waals surface area contributed by atoms with E-state index in [1.807, 2.05) is 4.90 Å². The number of hydrogen-bond donors (Lipinski definition) is 0. The smallest absolute Gasteiger partial charge is 0.434 e. The van der Waals surface area contributed by atoms with Gasteiger partial charge in [-0.15, -0.1) is 0 Å². The molecule has 0 N–H and O–H groups in total. The van der Waals surface area contributed by atoms with Crippen molar-refractivity contribution in [1.82, 2.24) is 19.9 Å². The van der Waals surface area contributed by atoms with Gasteiger partial charge >= 0.3 is 12.2 Å². The molecule has 33 heavy (non-hydrogen) atoms. The van der Waals surface area contributed by atoms with E-state index >= 15 is 0 Å². The summed E-state index contributed by atoms with van der Waals surface area (Å²) in [4.78, 5) is 16.7. The third kappa shape index (κ3) is 4.49. The molecule has 12 heteroatoms. The van der Waals surface area contributed by atoms with Crippen molar-refractivity contribution in [3.05, 3.63) is 16.2 Å². The van der Waals surface area contributed by atoms with Crippen LogP contribution in [0, 0.1) is 0 Å². The average molecular weight is 534 g/mol. The lowest BCUT2D eigenvalue weighted by Gasteiger charge is -2.31. The van der Waals surface area contributed by atoms with E-state index in [2.05, 4.69) is 35.8 Å². The molecule has 5 heterocycles. The number of halogens is 5. The molecule has 0 amide bonds. The molecule has 0 unspecified atom stereocenters. The lowest BCUT2D eigenvalue weighted by atomic mass is 9.95. The third-order valence-corrected chi connectivity index (χ3v) is 7.21. The first-order chi connectivity index (χ1) is 15.7. The molecule has 180 valence electrons. The zero-order chi connectivity index (χ0) is 23.2. The maximum absolute atomic E-state index is 14.1. The average Bonchev–Trinajstić information content (AvgIpc) is 3.12. The van der Waals surface area contributed by atoms with Crippen LogP contribution in [0.3, 0.4) is 0 Å². The van der Waals surface area contributed by atoms with Gasteiger partial charge in [0.2, 0.25) is 0 Å². The summed E-state index contributed by atoms with van der Waals surface area (Å²) in [5, 5.41) is 0. The number of aromatic nitrogens is 3. The highest BCUT2D eigenvalue weighted by Crippen LogP contribution is 2.41. The Balaban J connectivity index is 1.52. The fraction of sp³-hybridized carbons (Fsp3) is 0.667. The van der Waals surface area contributed by atoms with Gasteiger partial charge in [-0.2, -0.15) is 23.1 Å². The SMILES string of the molecule is F[C@H]1CN2CCC[C@@]2(COc2nc(N3CCCOCC3)c3nc(C(F)(F)F)c(Br)cc3n2)C1. The molecule has 7 nitrogen and oxygen atoms in total. The first-order valence-electron chi connectivity index (χ1n) is 11.1. The van der Waals surface area contributed by atoms with E-state index in [9.17, 15) is 17.6 Å². The topological polar surface area (TPSA) is 63.6 Å². The summed E-state index contributed by atoms with van der Waals surface area (Å²) in [6.45, 7) is 3.49. The lowest BCUT2D eigenvalue weighted by Crippen LogP contribution is -2.43. The molecule has 3 fully saturated rings. The van der Waals surface area contributed by atoms with Gasteiger partial charge in [-0.1, -0.05) is 0 Å². The van der Waals surface area contributed by atoms with Gasteiger partial charge < -0.3 is 14.4 Å². The van der Waals surface area contributed by atoms with Gasteiger partial charge in [0.05, 0.1) is 22.1 Å². The van der Waals surface area contributed by atoms with Crippen LogP contribution in [0.25, 0.3) is 11.0 Å². The molecule has 5 rings (SSSR count). The van der Waals surface area contributed by atoms with Crippen molar-refractivity contribution in [3.8, 4) is 6.01 Å². The largest absolute Gasteiger partial charge is 0.461 e. The van der Waals surface area contributed by atoms with Gasteiger partial charge in [0.1, 0.15) is 18.3 Å². The minimum Gasteiger partial charge on any atom is -0.461 e. The molecule has 0 spiro atoms. The van der Waals surface area contributed by atoms with Crippen LogP contribution in [-0.4, -0.2) is 77.6 Å². The summed E-state index contributed by atoms with van der Waals surface area (Å²) >= 11 is 2.98. The van der Waals surface area contributed by atoms with Crippen LogP contribution in [0.4, 0.5) is 23.4 Å². The molecule has 3 aliphatic rings. The number of alkyl halides is 4. The lowest BCUT2D eigenvalue weighted by molar-refractivity contribution is -0.141.